The average molecular weight is 394 g/mol. The largest absolute Gasteiger partial charge is 0.346 e. The molecule has 2 aliphatic rings. The van der Waals surface area contributed by atoms with E-state index in [-0.39, 0.29) is 5.91 Å². The van der Waals surface area contributed by atoms with E-state index in [2.05, 4.69) is 54.7 Å². The Bertz CT molecular complexity index is 973. The minimum atomic E-state index is -0.0706. The topological polar surface area (TPSA) is 46.4 Å². The highest BCUT2D eigenvalue weighted by Gasteiger charge is 2.26. The zero-order chi connectivity index (χ0) is 19.8. The van der Waals surface area contributed by atoms with Gasteiger partial charge in [-0.25, -0.2) is 4.99 Å². The maximum absolute atomic E-state index is 12.5. The molecule has 1 amide bonds. The Morgan fingerprint density at radius 3 is 2.43 bits per heavy atom. The standard InChI is InChI=1S/C23H27N3OS/c1-14-9-15(2)11-19(10-14)24-23-25-22(27)21(28-23)13-18-12-16(3)26(17(18)4)20-7-5-6-8-20/h9-13,20H,5-8H2,1-4H3,(H,24,25,27)/b21-13-. The van der Waals surface area contributed by atoms with Crippen molar-refractivity contribution < 1.29 is 4.79 Å². The van der Waals surface area contributed by atoms with Crippen LogP contribution in [0.15, 0.2) is 34.2 Å². The molecule has 1 aromatic heterocycles. The van der Waals surface area contributed by atoms with E-state index in [1.165, 1.54) is 60.0 Å². The third kappa shape index (κ3) is 3.81. The summed E-state index contributed by atoms with van der Waals surface area (Å²) in [7, 11) is 0. The van der Waals surface area contributed by atoms with Crippen LogP contribution < -0.4 is 5.32 Å². The van der Waals surface area contributed by atoms with Crippen LogP contribution in [0.3, 0.4) is 0 Å². The highest BCUT2D eigenvalue weighted by molar-refractivity contribution is 8.18. The van der Waals surface area contributed by atoms with Gasteiger partial charge in [-0.1, -0.05) is 18.9 Å². The Hall–Kier alpha value is -2.27. The second-order valence-corrected chi connectivity index (χ2v) is 8.99. The lowest BCUT2D eigenvalue weighted by Crippen LogP contribution is -2.19. The second kappa shape index (κ2) is 7.63. The van der Waals surface area contributed by atoms with Crippen molar-refractivity contribution in [1.29, 1.82) is 0 Å². The van der Waals surface area contributed by atoms with Crippen LogP contribution in [0.1, 0.15) is 59.8 Å². The number of nitrogens with zero attached hydrogens (tertiary/aromatic N) is 2. The normalized spacial score (nSPS) is 20.5. The summed E-state index contributed by atoms with van der Waals surface area (Å²) >= 11 is 1.42. The molecule has 1 aromatic carbocycles. The summed E-state index contributed by atoms with van der Waals surface area (Å²) in [4.78, 5) is 17.8. The van der Waals surface area contributed by atoms with Crippen LogP contribution in [-0.4, -0.2) is 15.6 Å². The third-order valence-corrected chi connectivity index (χ3v) is 6.50. The lowest BCUT2D eigenvalue weighted by molar-refractivity contribution is -0.115. The first-order chi connectivity index (χ1) is 13.4. The first kappa shape index (κ1) is 19.1. The fourth-order valence-corrected chi connectivity index (χ4v) is 5.26. The highest BCUT2D eigenvalue weighted by Crippen LogP contribution is 2.35. The predicted octanol–water partition coefficient (Wildman–Crippen LogP) is 5.73. The van der Waals surface area contributed by atoms with Crippen LogP contribution in [0.5, 0.6) is 0 Å². The Balaban J connectivity index is 1.60. The fraction of sp³-hybridized carbons (Fsp3) is 0.391. The first-order valence-electron chi connectivity index (χ1n) is 9.97. The van der Waals surface area contributed by atoms with Gasteiger partial charge in [-0.15, -0.1) is 0 Å². The zero-order valence-corrected chi connectivity index (χ0v) is 17.8. The molecule has 1 saturated heterocycles. The summed E-state index contributed by atoms with van der Waals surface area (Å²) in [5.74, 6) is -0.0706. The number of hydrogen-bond donors (Lipinski definition) is 1. The molecule has 0 unspecified atom stereocenters. The summed E-state index contributed by atoms with van der Waals surface area (Å²) in [5.41, 5.74) is 6.89. The van der Waals surface area contributed by atoms with E-state index in [1.807, 2.05) is 18.2 Å². The Morgan fingerprint density at radius 2 is 1.75 bits per heavy atom. The number of rotatable bonds is 3. The summed E-state index contributed by atoms with van der Waals surface area (Å²) in [6, 6.07) is 9.00. The number of amides is 1. The van der Waals surface area contributed by atoms with Crippen molar-refractivity contribution in [1.82, 2.24) is 9.88 Å². The quantitative estimate of drug-likeness (QED) is 0.677. The van der Waals surface area contributed by atoms with Crippen LogP contribution in [0.4, 0.5) is 5.69 Å². The van der Waals surface area contributed by atoms with Crippen molar-refractivity contribution in [2.75, 3.05) is 0 Å². The monoisotopic (exact) mass is 393 g/mol. The molecule has 2 aromatic rings. The minimum absolute atomic E-state index is 0.0706. The van der Waals surface area contributed by atoms with Crippen LogP contribution in [-0.2, 0) is 4.79 Å². The van der Waals surface area contributed by atoms with Gasteiger partial charge in [0.15, 0.2) is 5.17 Å². The molecule has 1 aliphatic heterocycles. The Labute approximate surface area is 171 Å². The number of hydrogen-bond acceptors (Lipinski definition) is 3. The van der Waals surface area contributed by atoms with Crippen LogP contribution in [0, 0.1) is 27.7 Å². The van der Waals surface area contributed by atoms with Crippen molar-refractivity contribution in [2.24, 2.45) is 4.99 Å². The van der Waals surface area contributed by atoms with E-state index in [0.29, 0.717) is 16.1 Å². The highest BCUT2D eigenvalue weighted by atomic mass is 32.2. The summed E-state index contributed by atoms with van der Waals surface area (Å²) in [6.07, 6.45) is 7.16. The van der Waals surface area contributed by atoms with Crippen molar-refractivity contribution in [3.05, 3.63) is 57.2 Å². The molecule has 28 heavy (non-hydrogen) atoms. The molecule has 0 spiro atoms. The molecule has 5 heteroatoms. The molecule has 146 valence electrons. The van der Waals surface area contributed by atoms with Gasteiger partial charge < -0.3 is 9.88 Å². The third-order valence-electron chi connectivity index (χ3n) is 5.59. The molecule has 1 saturated carbocycles. The molecule has 2 fully saturated rings. The average Bonchev–Trinajstić information content (AvgIpc) is 3.29. The number of nitrogens with one attached hydrogen (secondary N) is 1. The molecule has 0 atom stereocenters. The van der Waals surface area contributed by atoms with Crippen molar-refractivity contribution >= 4 is 34.6 Å². The summed E-state index contributed by atoms with van der Waals surface area (Å²) < 4.78 is 2.46. The number of aliphatic imine (C=N–C) groups is 1. The van der Waals surface area contributed by atoms with E-state index in [0.717, 1.165) is 11.3 Å². The Morgan fingerprint density at radius 1 is 1.07 bits per heavy atom. The minimum Gasteiger partial charge on any atom is -0.346 e. The van der Waals surface area contributed by atoms with Gasteiger partial charge in [0.2, 0.25) is 0 Å². The van der Waals surface area contributed by atoms with Crippen molar-refractivity contribution in [3.8, 4) is 0 Å². The van der Waals surface area contributed by atoms with E-state index in [1.54, 1.807) is 0 Å². The van der Waals surface area contributed by atoms with Crippen LogP contribution >= 0.6 is 11.8 Å². The van der Waals surface area contributed by atoms with Gasteiger partial charge in [0.1, 0.15) is 0 Å². The van der Waals surface area contributed by atoms with Gasteiger partial charge in [0, 0.05) is 17.4 Å². The smallest absolute Gasteiger partial charge is 0.264 e. The predicted molar refractivity (Wildman–Crippen MR) is 118 cm³/mol. The molecular formula is C23H27N3OS. The molecule has 2 heterocycles. The molecule has 4 nitrogen and oxygen atoms in total. The lowest BCUT2D eigenvalue weighted by atomic mass is 10.1. The number of carbonyl (C=O) groups excluding carboxylic acids is 1. The van der Waals surface area contributed by atoms with Crippen molar-refractivity contribution in [3.63, 3.8) is 0 Å². The number of aryl methyl sites for hydroxylation is 3. The number of thioether (sulfide) groups is 1. The van der Waals surface area contributed by atoms with Crippen LogP contribution in [0.25, 0.3) is 6.08 Å². The summed E-state index contributed by atoms with van der Waals surface area (Å²) in [6.45, 7) is 8.45. The molecule has 4 rings (SSSR count). The van der Waals surface area contributed by atoms with Gasteiger partial charge in [-0.2, -0.15) is 0 Å². The van der Waals surface area contributed by atoms with E-state index >= 15 is 0 Å². The van der Waals surface area contributed by atoms with Gasteiger partial charge in [0.25, 0.3) is 5.91 Å². The van der Waals surface area contributed by atoms with Gasteiger partial charge in [-0.05, 0) is 93.3 Å². The van der Waals surface area contributed by atoms with E-state index in [9.17, 15) is 4.79 Å². The van der Waals surface area contributed by atoms with Crippen LogP contribution in [0.2, 0.25) is 0 Å². The SMILES string of the molecule is Cc1cc(C)cc(N=C2NC(=O)/C(=C/c3cc(C)n(C4CCCC4)c3C)S2)c1. The second-order valence-electron chi connectivity index (χ2n) is 7.96. The molecule has 1 N–H and O–H groups in total. The first-order valence-corrected chi connectivity index (χ1v) is 10.8. The van der Waals surface area contributed by atoms with Gasteiger partial charge >= 0.3 is 0 Å². The number of benzene rings is 1. The van der Waals surface area contributed by atoms with Crippen molar-refractivity contribution in [2.45, 2.75) is 59.4 Å². The molecule has 0 radical (unpaired) electrons. The maximum atomic E-state index is 12.5. The number of aromatic nitrogens is 1. The number of amidine groups is 1. The van der Waals surface area contributed by atoms with E-state index in [4.69, 9.17) is 0 Å². The molecule has 1 aliphatic carbocycles. The van der Waals surface area contributed by atoms with Gasteiger partial charge in [-0.3, -0.25) is 4.79 Å². The molecule has 0 bridgehead atoms. The maximum Gasteiger partial charge on any atom is 0.264 e. The fourth-order valence-electron chi connectivity index (χ4n) is 4.43. The zero-order valence-electron chi connectivity index (χ0n) is 17.0. The lowest BCUT2D eigenvalue weighted by Gasteiger charge is -2.17. The van der Waals surface area contributed by atoms with E-state index < -0.39 is 0 Å². The number of carbonyl (C=O) groups is 1. The molecular weight excluding hydrogens is 366 g/mol. The summed E-state index contributed by atoms with van der Waals surface area (Å²) in [5, 5.41) is 3.55. The Kier molecular flexibility index (Phi) is 5.19. The van der Waals surface area contributed by atoms with Gasteiger partial charge in [0.05, 0.1) is 10.6 Å².